The molecule has 2 heterocycles. The molecule has 1 aromatic heterocycles. The third-order valence-electron chi connectivity index (χ3n) is 4.92. The minimum Gasteiger partial charge on any atom is -0.497 e. The number of nitrogens with zero attached hydrogens (tertiary/aromatic N) is 2. The van der Waals surface area contributed by atoms with Gasteiger partial charge in [-0.25, -0.2) is 4.98 Å². The third-order valence-corrected chi connectivity index (χ3v) is 6.30. The molecule has 29 heavy (non-hydrogen) atoms. The van der Waals surface area contributed by atoms with Crippen LogP contribution in [0, 0.1) is 11.3 Å². The van der Waals surface area contributed by atoms with Crippen LogP contribution in [0.15, 0.2) is 42.5 Å². The van der Waals surface area contributed by atoms with Crippen molar-refractivity contribution in [3.05, 3.63) is 53.2 Å². The molecule has 6 nitrogen and oxygen atoms in total. The van der Waals surface area contributed by atoms with E-state index in [1.54, 1.807) is 25.3 Å². The first-order valence-electron chi connectivity index (χ1n) is 8.96. The minimum absolute atomic E-state index is 0.211. The molecule has 0 aliphatic carbocycles. The van der Waals surface area contributed by atoms with Gasteiger partial charge < -0.3 is 20.3 Å². The first-order valence-corrected chi connectivity index (χ1v) is 10.3. The Morgan fingerprint density at radius 1 is 1.28 bits per heavy atom. The number of halogens is 1. The fourth-order valence-corrected chi connectivity index (χ4v) is 4.72. The number of benzene rings is 2. The molecule has 3 aromatic rings. The molecule has 148 valence electrons. The number of methoxy groups -OCH3 is 1. The maximum Gasteiger partial charge on any atom is 0.234 e. The van der Waals surface area contributed by atoms with E-state index in [0.29, 0.717) is 34.3 Å². The van der Waals surface area contributed by atoms with Crippen molar-refractivity contribution in [1.82, 2.24) is 4.98 Å². The summed E-state index contributed by atoms with van der Waals surface area (Å²) in [5.74, 6) is 1.67. The quantitative estimate of drug-likeness (QED) is 0.541. The van der Waals surface area contributed by atoms with E-state index in [2.05, 4.69) is 16.4 Å². The Morgan fingerprint density at radius 2 is 2.10 bits per heavy atom. The van der Waals surface area contributed by atoms with Gasteiger partial charge in [0.1, 0.15) is 17.6 Å². The number of thioether (sulfide) groups is 1. The van der Waals surface area contributed by atoms with Crippen molar-refractivity contribution in [2.75, 3.05) is 18.2 Å². The second-order valence-corrected chi connectivity index (χ2v) is 8.44. The van der Waals surface area contributed by atoms with Crippen LogP contribution in [0.2, 0.25) is 5.02 Å². The van der Waals surface area contributed by atoms with E-state index in [-0.39, 0.29) is 5.69 Å². The summed E-state index contributed by atoms with van der Waals surface area (Å²) < 4.78 is 5.38. The normalized spacial score (nSPS) is 17.8. The Bertz CT molecular complexity index is 1130. The van der Waals surface area contributed by atoms with Gasteiger partial charge in [-0.2, -0.15) is 5.26 Å². The predicted octanol–water partition coefficient (Wildman–Crippen LogP) is 3.99. The zero-order chi connectivity index (χ0) is 20.6. The number of nitriles is 1. The number of rotatable bonds is 4. The summed E-state index contributed by atoms with van der Waals surface area (Å²) in [5.41, 5.74) is 1.62. The highest BCUT2D eigenvalue weighted by atomic mass is 35.5. The van der Waals surface area contributed by atoms with Crippen molar-refractivity contribution >= 4 is 40.0 Å². The second-order valence-electron chi connectivity index (χ2n) is 6.71. The lowest BCUT2D eigenvalue weighted by molar-refractivity contribution is -0.0834. The number of aliphatic hydroxyl groups is 2. The topological polar surface area (TPSA) is 98.4 Å². The molecule has 2 aromatic carbocycles. The van der Waals surface area contributed by atoms with E-state index < -0.39 is 11.2 Å². The molecule has 3 N–H and O–H groups in total. The van der Waals surface area contributed by atoms with E-state index in [4.69, 9.17) is 16.3 Å². The van der Waals surface area contributed by atoms with Gasteiger partial charge in [0.2, 0.25) is 5.12 Å². The Labute approximate surface area is 177 Å². The number of hydrogen-bond acceptors (Lipinski definition) is 7. The smallest absolute Gasteiger partial charge is 0.234 e. The van der Waals surface area contributed by atoms with Gasteiger partial charge in [0.15, 0.2) is 5.69 Å². The summed E-state index contributed by atoms with van der Waals surface area (Å²) >= 11 is 7.25. The van der Waals surface area contributed by atoms with Crippen LogP contribution in [0.1, 0.15) is 12.1 Å². The first-order chi connectivity index (χ1) is 13.9. The van der Waals surface area contributed by atoms with Crippen molar-refractivity contribution in [1.29, 1.82) is 5.26 Å². The number of fused-ring (bicyclic) bond motifs is 1. The van der Waals surface area contributed by atoms with Crippen LogP contribution in [-0.2, 0) is 0 Å². The number of aromatic nitrogens is 1. The Hall–Kier alpha value is -2.50. The molecule has 1 fully saturated rings. The molecule has 1 aliphatic heterocycles. The number of nitrogens with one attached hydrogen (secondary N) is 1. The zero-order valence-electron chi connectivity index (χ0n) is 15.5. The summed E-state index contributed by atoms with van der Waals surface area (Å²) in [5, 5.41) is 33.5. The van der Waals surface area contributed by atoms with E-state index in [0.717, 1.165) is 28.1 Å². The molecule has 8 heteroatoms. The predicted molar refractivity (Wildman–Crippen MR) is 115 cm³/mol. The van der Waals surface area contributed by atoms with Crippen LogP contribution in [0.25, 0.3) is 21.9 Å². The third kappa shape index (κ3) is 3.72. The molecular weight excluding hydrogens is 410 g/mol. The lowest BCUT2D eigenvalue weighted by Crippen LogP contribution is -2.40. The fourth-order valence-electron chi connectivity index (χ4n) is 3.49. The van der Waals surface area contributed by atoms with Gasteiger partial charge in [0.05, 0.1) is 13.2 Å². The number of ether oxygens (including phenoxy) is 1. The molecule has 1 saturated heterocycles. The van der Waals surface area contributed by atoms with Crippen molar-refractivity contribution in [2.45, 2.75) is 17.6 Å². The van der Waals surface area contributed by atoms with Crippen LogP contribution in [0.3, 0.4) is 0 Å². The molecule has 0 spiro atoms. The Morgan fingerprint density at radius 3 is 2.76 bits per heavy atom. The highest BCUT2D eigenvalue weighted by molar-refractivity contribution is 8.00. The van der Waals surface area contributed by atoms with Gasteiger partial charge in [-0.15, -0.1) is 0 Å². The highest BCUT2D eigenvalue weighted by Gasteiger charge is 2.41. The average Bonchev–Trinajstić information content (AvgIpc) is 3.04. The van der Waals surface area contributed by atoms with E-state index >= 15 is 0 Å². The minimum atomic E-state index is -1.89. The summed E-state index contributed by atoms with van der Waals surface area (Å²) in [6, 6.07) is 14.3. The van der Waals surface area contributed by atoms with E-state index in [1.807, 2.05) is 24.3 Å². The largest absolute Gasteiger partial charge is 0.497 e. The van der Waals surface area contributed by atoms with Gasteiger partial charge in [-0.3, -0.25) is 0 Å². The number of hydrogen-bond donors (Lipinski definition) is 3. The summed E-state index contributed by atoms with van der Waals surface area (Å²) in [7, 11) is 1.58. The first kappa shape index (κ1) is 19.8. The van der Waals surface area contributed by atoms with Gasteiger partial charge in [0.25, 0.3) is 0 Å². The van der Waals surface area contributed by atoms with E-state index in [9.17, 15) is 15.5 Å². The molecule has 0 radical (unpaired) electrons. The zero-order valence-corrected chi connectivity index (χ0v) is 17.1. The van der Waals surface area contributed by atoms with Crippen molar-refractivity contribution < 1.29 is 14.9 Å². The molecule has 1 unspecified atom stereocenters. The molecule has 0 saturated carbocycles. The molecule has 4 rings (SSSR count). The standard InChI is InChI=1S/C21H18ClN3O3S/c1-28-14-5-6-15-16(10-14)19(12-3-2-4-13(22)9-12)17(11-23)24-20(15)25-18-7-8-29-21(18,26)27/h2-6,9-10,18,26-27H,7-8H2,1H3,(H,24,25). The molecule has 1 aliphatic rings. The lowest BCUT2D eigenvalue weighted by atomic mass is 9.96. The van der Waals surface area contributed by atoms with Gasteiger partial charge in [-0.1, -0.05) is 35.5 Å². The second kappa shape index (κ2) is 7.73. The summed E-state index contributed by atoms with van der Waals surface area (Å²) in [6.07, 6.45) is 0.564. The van der Waals surface area contributed by atoms with Crippen molar-refractivity contribution in [2.24, 2.45) is 0 Å². The average molecular weight is 428 g/mol. The number of anilines is 1. The highest BCUT2D eigenvalue weighted by Crippen LogP contribution is 2.40. The summed E-state index contributed by atoms with van der Waals surface area (Å²) in [6.45, 7) is 0. The van der Waals surface area contributed by atoms with Crippen LogP contribution >= 0.6 is 23.4 Å². The molecule has 0 amide bonds. The van der Waals surface area contributed by atoms with Crippen molar-refractivity contribution in [3.63, 3.8) is 0 Å². The monoisotopic (exact) mass is 427 g/mol. The van der Waals surface area contributed by atoms with E-state index in [1.165, 1.54) is 0 Å². The Balaban J connectivity index is 1.95. The molecule has 0 bridgehead atoms. The van der Waals surface area contributed by atoms with Crippen LogP contribution in [0.5, 0.6) is 5.75 Å². The van der Waals surface area contributed by atoms with Gasteiger partial charge >= 0.3 is 0 Å². The van der Waals surface area contributed by atoms with Gasteiger partial charge in [0, 0.05) is 21.7 Å². The van der Waals surface area contributed by atoms with Gasteiger partial charge in [-0.05, 0) is 47.7 Å². The molecule has 1 atom stereocenters. The molecular formula is C21H18ClN3O3S. The van der Waals surface area contributed by atoms with Crippen molar-refractivity contribution in [3.8, 4) is 22.9 Å². The maximum absolute atomic E-state index is 10.2. The fraction of sp³-hybridized carbons (Fsp3) is 0.238. The number of pyridine rings is 1. The van der Waals surface area contributed by atoms with Crippen LogP contribution < -0.4 is 10.1 Å². The maximum atomic E-state index is 10.2. The Kier molecular flexibility index (Phi) is 5.28. The SMILES string of the molecule is COc1ccc2c(NC3CCSC3(O)O)nc(C#N)c(-c3cccc(Cl)c3)c2c1. The van der Waals surface area contributed by atoms with Crippen LogP contribution in [0.4, 0.5) is 5.82 Å². The lowest BCUT2D eigenvalue weighted by Gasteiger charge is -2.25. The summed E-state index contributed by atoms with van der Waals surface area (Å²) in [4.78, 5) is 4.52. The van der Waals surface area contributed by atoms with Crippen LogP contribution in [-0.4, -0.2) is 39.2 Å².